The number of methoxy groups -OCH3 is 1. The van der Waals surface area contributed by atoms with Crippen molar-refractivity contribution in [1.29, 1.82) is 0 Å². The van der Waals surface area contributed by atoms with Gasteiger partial charge in [0, 0.05) is 57.0 Å². The minimum absolute atomic E-state index is 0.108. The molecule has 2 aromatic heterocycles. The Labute approximate surface area is 197 Å². The number of furan rings is 1. The van der Waals surface area contributed by atoms with Gasteiger partial charge in [0.15, 0.2) is 0 Å². The lowest BCUT2D eigenvalue weighted by Gasteiger charge is -2.19. The molecule has 1 aliphatic heterocycles. The van der Waals surface area contributed by atoms with Crippen molar-refractivity contribution in [1.82, 2.24) is 14.8 Å². The van der Waals surface area contributed by atoms with Crippen molar-refractivity contribution in [3.63, 3.8) is 0 Å². The standard InChI is InChI=1S/C25H28N4O5/c1-17(30)27-19-7-5-18(6-8-19)16-28-10-9-21-24(25(32)26-15-20-4-3-13-34-20)22(33-2)14-23(31)29(21)12-11-28/h3-8,13-14H,9-12,15-16H2,1-2H3,(H,26,32)(H,27,30). The summed E-state index contributed by atoms with van der Waals surface area (Å²) in [5.41, 5.74) is 2.72. The highest BCUT2D eigenvalue weighted by atomic mass is 16.5. The van der Waals surface area contributed by atoms with Gasteiger partial charge in [-0.3, -0.25) is 19.3 Å². The number of nitrogens with one attached hydrogen (secondary N) is 2. The number of ether oxygens (including phenoxy) is 1. The van der Waals surface area contributed by atoms with Gasteiger partial charge in [-0.15, -0.1) is 0 Å². The van der Waals surface area contributed by atoms with Crippen LogP contribution in [0.5, 0.6) is 5.75 Å². The summed E-state index contributed by atoms with van der Waals surface area (Å²) in [5, 5.41) is 5.63. The van der Waals surface area contributed by atoms with E-state index in [1.165, 1.54) is 20.1 Å². The van der Waals surface area contributed by atoms with Crippen LogP contribution in [0.15, 0.2) is 57.9 Å². The Kier molecular flexibility index (Phi) is 7.12. The fraction of sp³-hybridized carbons (Fsp3) is 0.320. The zero-order valence-electron chi connectivity index (χ0n) is 19.3. The number of benzene rings is 1. The first-order valence-electron chi connectivity index (χ1n) is 11.1. The summed E-state index contributed by atoms with van der Waals surface area (Å²) < 4.78 is 12.4. The molecule has 178 valence electrons. The van der Waals surface area contributed by atoms with E-state index >= 15 is 0 Å². The molecule has 3 aromatic rings. The maximum Gasteiger partial charge on any atom is 0.257 e. The molecule has 0 atom stereocenters. The van der Waals surface area contributed by atoms with Crippen LogP contribution < -0.4 is 20.9 Å². The average Bonchev–Trinajstić information content (AvgIpc) is 3.25. The minimum Gasteiger partial charge on any atom is -0.496 e. The molecule has 2 N–H and O–H groups in total. The molecule has 3 heterocycles. The summed E-state index contributed by atoms with van der Waals surface area (Å²) in [7, 11) is 1.46. The summed E-state index contributed by atoms with van der Waals surface area (Å²) in [6, 6.07) is 12.6. The molecular formula is C25H28N4O5. The number of anilines is 1. The zero-order chi connectivity index (χ0) is 24.1. The molecule has 34 heavy (non-hydrogen) atoms. The van der Waals surface area contributed by atoms with Crippen LogP contribution in [0.3, 0.4) is 0 Å². The van der Waals surface area contributed by atoms with Crippen molar-refractivity contribution in [2.75, 3.05) is 25.5 Å². The lowest BCUT2D eigenvalue weighted by molar-refractivity contribution is -0.114. The van der Waals surface area contributed by atoms with Crippen molar-refractivity contribution in [2.45, 2.75) is 33.0 Å². The topological polar surface area (TPSA) is 106 Å². The Hall–Kier alpha value is -3.85. The lowest BCUT2D eigenvalue weighted by Crippen LogP contribution is -2.31. The van der Waals surface area contributed by atoms with Crippen LogP contribution in [-0.4, -0.2) is 41.5 Å². The van der Waals surface area contributed by atoms with Gasteiger partial charge in [0.05, 0.1) is 19.9 Å². The molecule has 0 fully saturated rings. The monoisotopic (exact) mass is 464 g/mol. The van der Waals surface area contributed by atoms with E-state index in [0.717, 1.165) is 11.3 Å². The van der Waals surface area contributed by atoms with Crippen LogP contribution in [0.25, 0.3) is 0 Å². The molecule has 9 heteroatoms. The maximum absolute atomic E-state index is 13.1. The van der Waals surface area contributed by atoms with E-state index in [1.807, 2.05) is 24.3 Å². The quantitative estimate of drug-likeness (QED) is 0.556. The molecule has 0 saturated heterocycles. The number of hydrogen-bond acceptors (Lipinski definition) is 6. The number of amides is 2. The van der Waals surface area contributed by atoms with Crippen LogP contribution >= 0.6 is 0 Å². The van der Waals surface area contributed by atoms with Gasteiger partial charge in [0.25, 0.3) is 11.5 Å². The number of pyridine rings is 1. The molecule has 1 aromatic carbocycles. The Balaban J connectivity index is 1.51. The first-order valence-corrected chi connectivity index (χ1v) is 11.1. The smallest absolute Gasteiger partial charge is 0.257 e. The molecule has 0 spiro atoms. The summed E-state index contributed by atoms with van der Waals surface area (Å²) in [5.74, 6) is 0.499. The van der Waals surface area contributed by atoms with Gasteiger partial charge in [0.1, 0.15) is 17.1 Å². The van der Waals surface area contributed by atoms with Gasteiger partial charge in [-0.1, -0.05) is 12.1 Å². The SMILES string of the molecule is COc1cc(=O)n2c(c1C(=O)NCc1ccco1)CCN(Cc1ccc(NC(C)=O)cc1)CC2. The van der Waals surface area contributed by atoms with Crippen molar-refractivity contribution >= 4 is 17.5 Å². The van der Waals surface area contributed by atoms with Gasteiger partial charge in [-0.25, -0.2) is 0 Å². The Morgan fingerprint density at radius 1 is 1.12 bits per heavy atom. The summed E-state index contributed by atoms with van der Waals surface area (Å²) in [6.07, 6.45) is 2.08. The molecular weight excluding hydrogens is 436 g/mol. The fourth-order valence-electron chi connectivity index (χ4n) is 4.18. The molecule has 0 unspecified atom stereocenters. The summed E-state index contributed by atoms with van der Waals surface area (Å²) in [6.45, 7) is 4.24. The normalized spacial score (nSPS) is 13.6. The van der Waals surface area contributed by atoms with Crippen molar-refractivity contribution in [3.05, 3.63) is 81.7 Å². The van der Waals surface area contributed by atoms with Gasteiger partial charge >= 0.3 is 0 Å². The van der Waals surface area contributed by atoms with E-state index in [0.29, 0.717) is 49.6 Å². The Bertz CT molecular complexity index is 1220. The first-order chi connectivity index (χ1) is 16.4. The third kappa shape index (κ3) is 5.37. The van der Waals surface area contributed by atoms with E-state index in [1.54, 1.807) is 23.0 Å². The predicted molar refractivity (Wildman–Crippen MR) is 127 cm³/mol. The second kappa shape index (κ2) is 10.4. The predicted octanol–water partition coefficient (Wildman–Crippen LogP) is 2.40. The van der Waals surface area contributed by atoms with Crippen LogP contribution in [0.1, 0.15) is 34.3 Å². The van der Waals surface area contributed by atoms with Crippen LogP contribution in [0.2, 0.25) is 0 Å². The second-order valence-electron chi connectivity index (χ2n) is 8.19. The molecule has 0 radical (unpaired) electrons. The highest BCUT2D eigenvalue weighted by Gasteiger charge is 2.25. The molecule has 9 nitrogen and oxygen atoms in total. The number of carbonyl (C=O) groups is 2. The van der Waals surface area contributed by atoms with Gasteiger partial charge in [0.2, 0.25) is 5.91 Å². The molecule has 4 rings (SSSR count). The molecule has 1 aliphatic rings. The number of fused-ring (bicyclic) bond motifs is 1. The van der Waals surface area contributed by atoms with Gasteiger partial charge < -0.3 is 24.4 Å². The number of hydrogen-bond donors (Lipinski definition) is 2. The van der Waals surface area contributed by atoms with E-state index in [4.69, 9.17) is 9.15 Å². The third-order valence-electron chi connectivity index (χ3n) is 5.82. The lowest BCUT2D eigenvalue weighted by atomic mass is 10.1. The minimum atomic E-state index is -0.306. The number of aromatic nitrogens is 1. The van der Waals surface area contributed by atoms with Crippen molar-refractivity contribution < 1.29 is 18.7 Å². The highest BCUT2D eigenvalue weighted by Crippen LogP contribution is 2.23. The van der Waals surface area contributed by atoms with E-state index in [-0.39, 0.29) is 29.7 Å². The maximum atomic E-state index is 13.1. The van der Waals surface area contributed by atoms with E-state index in [9.17, 15) is 14.4 Å². The first kappa shape index (κ1) is 23.3. The summed E-state index contributed by atoms with van der Waals surface area (Å²) >= 11 is 0. The fourth-order valence-corrected chi connectivity index (χ4v) is 4.18. The Morgan fingerprint density at radius 2 is 1.91 bits per heavy atom. The molecule has 0 aliphatic carbocycles. The highest BCUT2D eigenvalue weighted by molar-refractivity contribution is 5.98. The largest absolute Gasteiger partial charge is 0.496 e. The molecule has 2 amide bonds. The second-order valence-corrected chi connectivity index (χ2v) is 8.19. The zero-order valence-corrected chi connectivity index (χ0v) is 19.3. The van der Waals surface area contributed by atoms with Crippen molar-refractivity contribution in [2.24, 2.45) is 0 Å². The molecule has 0 bridgehead atoms. The number of carbonyl (C=O) groups excluding carboxylic acids is 2. The Morgan fingerprint density at radius 3 is 2.59 bits per heavy atom. The number of rotatable bonds is 7. The third-order valence-corrected chi connectivity index (χ3v) is 5.82. The van der Waals surface area contributed by atoms with Crippen LogP contribution in [0, 0.1) is 0 Å². The molecule has 0 saturated carbocycles. The van der Waals surface area contributed by atoms with Gasteiger partial charge in [-0.05, 0) is 29.8 Å². The van der Waals surface area contributed by atoms with Gasteiger partial charge in [-0.2, -0.15) is 0 Å². The van der Waals surface area contributed by atoms with E-state index in [2.05, 4.69) is 15.5 Å². The van der Waals surface area contributed by atoms with Crippen molar-refractivity contribution in [3.8, 4) is 5.75 Å². The average molecular weight is 465 g/mol. The van der Waals surface area contributed by atoms with Crippen LogP contribution in [-0.2, 0) is 30.8 Å². The van der Waals surface area contributed by atoms with E-state index < -0.39 is 0 Å². The van der Waals surface area contributed by atoms with Crippen LogP contribution in [0.4, 0.5) is 5.69 Å². The summed E-state index contributed by atoms with van der Waals surface area (Å²) in [4.78, 5) is 39.4. The number of nitrogens with zero attached hydrogens (tertiary/aromatic N) is 2.